The van der Waals surface area contributed by atoms with Crippen LogP contribution in [0.5, 0.6) is 0 Å². The molecule has 2 aliphatic rings. The van der Waals surface area contributed by atoms with Crippen molar-refractivity contribution < 1.29 is 14.4 Å². The molecule has 0 saturated carbocycles. The third kappa shape index (κ3) is 3.26. The molecule has 17 heavy (non-hydrogen) atoms. The zero-order chi connectivity index (χ0) is 12.3. The molecule has 2 rings (SSSR count). The van der Waals surface area contributed by atoms with Crippen LogP contribution in [-0.2, 0) is 14.4 Å². The highest BCUT2D eigenvalue weighted by molar-refractivity contribution is 6.02. The summed E-state index contributed by atoms with van der Waals surface area (Å²) in [6, 6.07) is 0. The summed E-state index contributed by atoms with van der Waals surface area (Å²) in [7, 11) is 0. The first kappa shape index (κ1) is 12.0. The molecule has 0 bridgehead atoms. The molecule has 0 spiro atoms. The van der Waals surface area contributed by atoms with Crippen LogP contribution in [0.2, 0.25) is 0 Å². The van der Waals surface area contributed by atoms with Crippen molar-refractivity contribution in [1.29, 1.82) is 0 Å². The molecular weight excluding hydrogens is 222 g/mol. The van der Waals surface area contributed by atoms with Crippen LogP contribution in [0.15, 0.2) is 0 Å². The number of hydrogen-bond donors (Lipinski definition) is 2. The fraction of sp³-hybridized carbons (Fsp3) is 0.727. The molecule has 0 atom stereocenters. The van der Waals surface area contributed by atoms with Crippen molar-refractivity contribution in [3.8, 4) is 0 Å². The Hall–Kier alpha value is -1.43. The maximum Gasteiger partial charge on any atom is 0.246 e. The zero-order valence-corrected chi connectivity index (χ0v) is 9.70. The Morgan fingerprint density at radius 3 is 2.35 bits per heavy atom. The first-order chi connectivity index (χ1) is 8.15. The van der Waals surface area contributed by atoms with E-state index in [9.17, 15) is 14.4 Å². The SMILES string of the molecule is O=C1CN(C(=O)CC2CCNCC2)CC(=O)N1. The predicted octanol–water partition coefficient (Wildman–Crippen LogP) is -1.14. The molecule has 2 aliphatic heterocycles. The Bertz CT molecular complexity index is 321. The number of amides is 3. The molecule has 2 heterocycles. The summed E-state index contributed by atoms with van der Waals surface area (Å²) in [5, 5.41) is 5.42. The second-order valence-corrected chi connectivity index (χ2v) is 4.62. The van der Waals surface area contributed by atoms with Gasteiger partial charge in [-0.25, -0.2) is 0 Å². The van der Waals surface area contributed by atoms with Gasteiger partial charge in [-0.1, -0.05) is 0 Å². The van der Waals surface area contributed by atoms with Crippen LogP contribution in [0.1, 0.15) is 19.3 Å². The van der Waals surface area contributed by atoms with E-state index >= 15 is 0 Å². The van der Waals surface area contributed by atoms with Gasteiger partial charge >= 0.3 is 0 Å². The summed E-state index contributed by atoms with van der Waals surface area (Å²) in [6.45, 7) is 1.90. The van der Waals surface area contributed by atoms with E-state index in [4.69, 9.17) is 0 Å². The minimum atomic E-state index is -0.389. The number of piperazine rings is 1. The van der Waals surface area contributed by atoms with Crippen molar-refractivity contribution in [3.05, 3.63) is 0 Å². The van der Waals surface area contributed by atoms with Crippen LogP contribution in [0.25, 0.3) is 0 Å². The van der Waals surface area contributed by atoms with Crippen LogP contribution >= 0.6 is 0 Å². The molecule has 0 aromatic heterocycles. The van der Waals surface area contributed by atoms with Gasteiger partial charge in [0.25, 0.3) is 0 Å². The first-order valence-electron chi connectivity index (χ1n) is 5.96. The van der Waals surface area contributed by atoms with Gasteiger partial charge in [-0.3, -0.25) is 19.7 Å². The van der Waals surface area contributed by atoms with Crippen molar-refractivity contribution in [3.63, 3.8) is 0 Å². The monoisotopic (exact) mass is 239 g/mol. The number of imide groups is 1. The van der Waals surface area contributed by atoms with Gasteiger partial charge in [0, 0.05) is 6.42 Å². The maximum absolute atomic E-state index is 11.9. The lowest BCUT2D eigenvalue weighted by Gasteiger charge is -2.28. The molecular formula is C11H17N3O3. The summed E-state index contributed by atoms with van der Waals surface area (Å²) >= 11 is 0. The molecule has 6 nitrogen and oxygen atoms in total. The van der Waals surface area contributed by atoms with Crippen LogP contribution < -0.4 is 10.6 Å². The molecule has 2 saturated heterocycles. The number of carbonyl (C=O) groups excluding carboxylic acids is 3. The molecule has 0 unspecified atom stereocenters. The largest absolute Gasteiger partial charge is 0.324 e. The first-order valence-corrected chi connectivity index (χ1v) is 5.96. The van der Waals surface area contributed by atoms with Crippen LogP contribution in [-0.4, -0.2) is 48.8 Å². The molecule has 0 aromatic rings. The van der Waals surface area contributed by atoms with Gasteiger partial charge in [0.2, 0.25) is 17.7 Å². The van der Waals surface area contributed by atoms with E-state index in [1.165, 1.54) is 4.90 Å². The van der Waals surface area contributed by atoms with E-state index in [2.05, 4.69) is 10.6 Å². The van der Waals surface area contributed by atoms with Crippen molar-refractivity contribution in [2.24, 2.45) is 5.92 Å². The topological polar surface area (TPSA) is 78.5 Å². The number of carbonyl (C=O) groups is 3. The standard InChI is InChI=1S/C11H17N3O3/c15-9-6-14(7-10(16)13-9)11(17)5-8-1-3-12-4-2-8/h8,12H,1-7H2,(H,13,15,16). The fourth-order valence-electron chi connectivity index (χ4n) is 2.28. The Labute approximate surface area is 99.7 Å². The van der Waals surface area contributed by atoms with Crippen LogP contribution in [0.3, 0.4) is 0 Å². The second-order valence-electron chi connectivity index (χ2n) is 4.62. The quantitative estimate of drug-likeness (QED) is 0.597. The Morgan fingerprint density at radius 2 is 1.76 bits per heavy atom. The minimum Gasteiger partial charge on any atom is -0.324 e. The highest BCUT2D eigenvalue weighted by Gasteiger charge is 2.28. The average molecular weight is 239 g/mol. The third-order valence-electron chi connectivity index (χ3n) is 3.22. The summed E-state index contributed by atoms with van der Waals surface area (Å²) in [5.74, 6) is -0.483. The Morgan fingerprint density at radius 1 is 1.18 bits per heavy atom. The lowest BCUT2D eigenvalue weighted by molar-refractivity contribution is -0.146. The highest BCUT2D eigenvalue weighted by atomic mass is 16.2. The molecule has 3 amide bonds. The summed E-state index contributed by atoms with van der Waals surface area (Å²) in [5.41, 5.74) is 0. The number of piperidine rings is 1. The van der Waals surface area contributed by atoms with E-state index in [-0.39, 0.29) is 30.8 Å². The molecule has 0 aliphatic carbocycles. The van der Waals surface area contributed by atoms with Crippen LogP contribution in [0, 0.1) is 5.92 Å². The van der Waals surface area contributed by atoms with Crippen molar-refractivity contribution >= 4 is 17.7 Å². The zero-order valence-electron chi connectivity index (χ0n) is 9.70. The van der Waals surface area contributed by atoms with Crippen LogP contribution in [0.4, 0.5) is 0 Å². The van der Waals surface area contributed by atoms with Gasteiger partial charge in [-0.15, -0.1) is 0 Å². The third-order valence-corrected chi connectivity index (χ3v) is 3.22. The number of hydrogen-bond acceptors (Lipinski definition) is 4. The lowest BCUT2D eigenvalue weighted by atomic mass is 9.94. The van der Waals surface area contributed by atoms with E-state index in [1.807, 2.05) is 0 Å². The lowest BCUT2D eigenvalue weighted by Crippen LogP contribution is -2.53. The predicted molar refractivity (Wildman–Crippen MR) is 59.9 cm³/mol. The van der Waals surface area contributed by atoms with Gasteiger partial charge in [-0.05, 0) is 31.8 Å². The number of rotatable bonds is 2. The van der Waals surface area contributed by atoms with Gasteiger partial charge in [-0.2, -0.15) is 0 Å². The fourth-order valence-corrected chi connectivity index (χ4v) is 2.28. The number of nitrogens with zero attached hydrogens (tertiary/aromatic N) is 1. The smallest absolute Gasteiger partial charge is 0.246 e. The van der Waals surface area contributed by atoms with Gasteiger partial charge in [0.15, 0.2) is 0 Å². The second kappa shape index (κ2) is 5.27. The number of nitrogens with one attached hydrogen (secondary N) is 2. The maximum atomic E-state index is 11.9. The summed E-state index contributed by atoms with van der Waals surface area (Å²) in [4.78, 5) is 35.6. The van der Waals surface area contributed by atoms with Gasteiger partial charge in [0.1, 0.15) is 13.1 Å². The van der Waals surface area contributed by atoms with Gasteiger partial charge in [0.05, 0.1) is 0 Å². The van der Waals surface area contributed by atoms with Crippen molar-refractivity contribution in [1.82, 2.24) is 15.5 Å². The van der Waals surface area contributed by atoms with Crippen molar-refractivity contribution in [2.45, 2.75) is 19.3 Å². The van der Waals surface area contributed by atoms with E-state index < -0.39 is 0 Å². The molecule has 0 aromatic carbocycles. The normalized spacial score (nSPS) is 22.5. The van der Waals surface area contributed by atoms with Crippen molar-refractivity contribution in [2.75, 3.05) is 26.2 Å². The Kier molecular flexibility index (Phi) is 3.73. The molecule has 6 heteroatoms. The Balaban J connectivity index is 1.86. The van der Waals surface area contributed by atoms with E-state index in [0.717, 1.165) is 25.9 Å². The highest BCUT2D eigenvalue weighted by Crippen LogP contribution is 2.17. The minimum absolute atomic E-state index is 0.00947. The summed E-state index contributed by atoms with van der Waals surface area (Å²) < 4.78 is 0. The molecule has 2 fully saturated rings. The molecule has 94 valence electrons. The summed E-state index contributed by atoms with van der Waals surface area (Å²) in [6.07, 6.45) is 2.42. The average Bonchev–Trinajstić information content (AvgIpc) is 2.29. The van der Waals surface area contributed by atoms with E-state index in [0.29, 0.717) is 12.3 Å². The van der Waals surface area contributed by atoms with Gasteiger partial charge < -0.3 is 10.2 Å². The molecule has 2 N–H and O–H groups in total. The van der Waals surface area contributed by atoms with E-state index in [1.54, 1.807) is 0 Å². The molecule has 0 radical (unpaired) electrons.